The van der Waals surface area contributed by atoms with Crippen LogP contribution in [-0.4, -0.2) is 73.4 Å². The van der Waals surface area contributed by atoms with Crippen LogP contribution in [0.15, 0.2) is 0 Å². The number of hydrogen-bond acceptors (Lipinski definition) is 5. The molecule has 1 heterocycles. The summed E-state index contributed by atoms with van der Waals surface area (Å²) in [5.74, 6) is -0.751. The summed E-state index contributed by atoms with van der Waals surface area (Å²) in [7, 11) is 0. The number of hydrogen-bond donors (Lipinski definition) is 3. The number of nitrogens with one attached hydrogen (secondary N) is 2. The van der Waals surface area contributed by atoms with Crippen LogP contribution in [0.25, 0.3) is 0 Å². The third-order valence-electron chi connectivity index (χ3n) is 4.15. The van der Waals surface area contributed by atoms with Crippen molar-refractivity contribution >= 4 is 11.9 Å². The first-order valence-electron chi connectivity index (χ1n) is 8.59. The minimum absolute atomic E-state index is 0.0659. The van der Waals surface area contributed by atoms with E-state index in [0.717, 1.165) is 39.1 Å². The summed E-state index contributed by atoms with van der Waals surface area (Å²) in [5, 5.41) is 14.8. The maximum Gasteiger partial charge on any atom is 0.320 e. The third kappa shape index (κ3) is 8.29. The normalized spacial score (nSPS) is 20.2. The molecule has 0 unspecified atom stereocenters. The fraction of sp³-hybridized carbons (Fsp3) is 0.875. The lowest BCUT2D eigenvalue weighted by Gasteiger charge is -2.33. The van der Waals surface area contributed by atoms with Crippen molar-refractivity contribution in [1.29, 1.82) is 0 Å². The maximum atomic E-state index is 11.8. The van der Waals surface area contributed by atoms with Gasteiger partial charge in [0.05, 0.1) is 13.2 Å². The van der Waals surface area contributed by atoms with E-state index in [-0.39, 0.29) is 5.91 Å². The molecule has 0 aliphatic carbocycles. The fourth-order valence-corrected chi connectivity index (χ4v) is 2.61. The zero-order valence-corrected chi connectivity index (χ0v) is 14.3. The summed E-state index contributed by atoms with van der Waals surface area (Å²) in [6.07, 6.45) is 2.63. The van der Waals surface area contributed by atoms with E-state index in [1.165, 1.54) is 0 Å². The van der Waals surface area contributed by atoms with Gasteiger partial charge in [0.15, 0.2) is 0 Å². The van der Waals surface area contributed by atoms with Crippen LogP contribution in [0.3, 0.4) is 0 Å². The Hall–Kier alpha value is -1.18. The second-order valence-corrected chi connectivity index (χ2v) is 6.02. The number of rotatable bonds is 11. The van der Waals surface area contributed by atoms with Crippen molar-refractivity contribution in [2.45, 2.75) is 51.6 Å². The Morgan fingerprint density at radius 2 is 2.13 bits per heavy atom. The third-order valence-corrected chi connectivity index (χ3v) is 4.15. The van der Waals surface area contributed by atoms with Crippen LogP contribution in [0.1, 0.15) is 39.5 Å². The number of unbranched alkanes of at least 4 members (excludes halogenated alkanes) is 1. The van der Waals surface area contributed by atoms with E-state index >= 15 is 0 Å². The summed E-state index contributed by atoms with van der Waals surface area (Å²) >= 11 is 0. The molecule has 0 aromatic rings. The topological polar surface area (TPSA) is 90.9 Å². The molecule has 0 spiro atoms. The standard InChI is InChI=1S/C16H31N3O4/c1-3-14(16(21)22)17-7-5-4-6-15(20)18-8-9-19-10-11-23-12-13(19)2/h13-14,17H,3-12H2,1-2H3,(H,18,20)(H,21,22)/t13-,14+/m0/s1. The minimum Gasteiger partial charge on any atom is -0.480 e. The van der Waals surface area contributed by atoms with Crippen molar-refractivity contribution in [3.05, 3.63) is 0 Å². The highest BCUT2D eigenvalue weighted by Crippen LogP contribution is 2.04. The molecule has 1 saturated heterocycles. The molecule has 0 aromatic carbocycles. The second kappa shape index (κ2) is 11.4. The van der Waals surface area contributed by atoms with Crippen LogP contribution in [0.4, 0.5) is 0 Å². The van der Waals surface area contributed by atoms with Crippen molar-refractivity contribution in [3.63, 3.8) is 0 Å². The molecule has 1 fully saturated rings. The van der Waals surface area contributed by atoms with Gasteiger partial charge in [-0.05, 0) is 32.7 Å². The van der Waals surface area contributed by atoms with E-state index in [4.69, 9.17) is 9.84 Å². The molecule has 0 aromatic heterocycles. The monoisotopic (exact) mass is 329 g/mol. The van der Waals surface area contributed by atoms with Crippen LogP contribution in [0.5, 0.6) is 0 Å². The van der Waals surface area contributed by atoms with Gasteiger partial charge in [-0.25, -0.2) is 0 Å². The Morgan fingerprint density at radius 1 is 1.35 bits per heavy atom. The first kappa shape index (κ1) is 19.9. The smallest absolute Gasteiger partial charge is 0.320 e. The molecular weight excluding hydrogens is 298 g/mol. The Bertz CT molecular complexity index is 365. The lowest BCUT2D eigenvalue weighted by atomic mass is 10.2. The number of aliphatic carboxylic acids is 1. The molecule has 2 atom stereocenters. The minimum atomic E-state index is -0.817. The van der Waals surface area contributed by atoms with Gasteiger partial charge in [-0.1, -0.05) is 6.92 Å². The second-order valence-electron chi connectivity index (χ2n) is 6.02. The predicted octanol–water partition coefficient (Wildman–Crippen LogP) is 0.446. The summed E-state index contributed by atoms with van der Waals surface area (Å²) in [5.41, 5.74) is 0. The lowest BCUT2D eigenvalue weighted by Crippen LogP contribution is -2.46. The zero-order chi connectivity index (χ0) is 17.1. The number of carbonyl (C=O) groups is 2. The molecule has 1 rings (SSSR count). The molecule has 7 nitrogen and oxygen atoms in total. The Kier molecular flexibility index (Phi) is 9.82. The van der Waals surface area contributed by atoms with Crippen LogP contribution in [-0.2, 0) is 14.3 Å². The molecule has 0 bridgehead atoms. The largest absolute Gasteiger partial charge is 0.480 e. The van der Waals surface area contributed by atoms with Crippen molar-refractivity contribution in [2.75, 3.05) is 39.4 Å². The average Bonchev–Trinajstić information content (AvgIpc) is 2.52. The van der Waals surface area contributed by atoms with Gasteiger partial charge in [0.2, 0.25) is 5.91 Å². The van der Waals surface area contributed by atoms with Crippen LogP contribution >= 0.6 is 0 Å². The Morgan fingerprint density at radius 3 is 2.78 bits per heavy atom. The van der Waals surface area contributed by atoms with Gasteiger partial charge in [0.25, 0.3) is 0 Å². The Balaban J connectivity index is 2.01. The van der Waals surface area contributed by atoms with Crippen molar-refractivity contribution < 1.29 is 19.4 Å². The highest BCUT2D eigenvalue weighted by atomic mass is 16.5. The molecule has 0 radical (unpaired) electrons. The number of morpholine rings is 1. The van der Waals surface area contributed by atoms with Gasteiger partial charge in [0, 0.05) is 32.1 Å². The van der Waals surface area contributed by atoms with Gasteiger partial charge < -0.3 is 20.5 Å². The predicted molar refractivity (Wildman–Crippen MR) is 88.4 cm³/mol. The van der Waals surface area contributed by atoms with E-state index in [2.05, 4.69) is 22.5 Å². The Labute approximate surface area is 138 Å². The molecule has 3 N–H and O–H groups in total. The van der Waals surface area contributed by atoms with E-state index in [0.29, 0.717) is 32.0 Å². The van der Waals surface area contributed by atoms with E-state index < -0.39 is 12.0 Å². The number of carboxylic acids is 1. The number of carboxylic acid groups (broad SMARTS) is 1. The molecule has 134 valence electrons. The van der Waals surface area contributed by atoms with Gasteiger partial charge >= 0.3 is 5.97 Å². The highest BCUT2D eigenvalue weighted by molar-refractivity contribution is 5.75. The number of nitrogens with zero attached hydrogens (tertiary/aromatic N) is 1. The molecule has 7 heteroatoms. The van der Waals surface area contributed by atoms with Crippen LogP contribution < -0.4 is 10.6 Å². The first-order chi connectivity index (χ1) is 11.0. The molecule has 1 aliphatic rings. The first-order valence-corrected chi connectivity index (χ1v) is 8.59. The number of carbonyl (C=O) groups excluding carboxylic acids is 1. The summed E-state index contributed by atoms with van der Waals surface area (Å²) in [6.45, 7) is 8.57. The molecule has 1 aliphatic heterocycles. The van der Waals surface area contributed by atoms with Crippen LogP contribution in [0, 0.1) is 0 Å². The molecular formula is C16H31N3O4. The van der Waals surface area contributed by atoms with E-state index in [1.54, 1.807) is 0 Å². The van der Waals surface area contributed by atoms with Gasteiger partial charge in [-0.2, -0.15) is 0 Å². The number of amides is 1. The van der Waals surface area contributed by atoms with Gasteiger partial charge in [0.1, 0.15) is 6.04 Å². The summed E-state index contributed by atoms with van der Waals surface area (Å²) < 4.78 is 5.38. The van der Waals surface area contributed by atoms with Crippen molar-refractivity contribution in [1.82, 2.24) is 15.5 Å². The van der Waals surface area contributed by atoms with Gasteiger partial charge in [-0.3, -0.25) is 14.5 Å². The van der Waals surface area contributed by atoms with Crippen molar-refractivity contribution in [2.24, 2.45) is 0 Å². The number of ether oxygens (including phenoxy) is 1. The molecule has 23 heavy (non-hydrogen) atoms. The quantitative estimate of drug-likeness (QED) is 0.477. The van der Waals surface area contributed by atoms with Gasteiger partial charge in [-0.15, -0.1) is 0 Å². The van der Waals surface area contributed by atoms with Crippen molar-refractivity contribution in [3.8, 4) is 0 Å². The fourth-order valence-electron chi connectivity index (χ4n) is 2.61. The molecule has 0 saturated carbocycles. The molecule has 1 amide bonds. The SMILES string of the molecule is CC[C@@H](NCCCCC(=O)NCCN1CCOC[C@@H]1C)C(=O)O. The zero-order valence-electron chi connectivity index (χ0n) is 14.3. The van der Waals surface area contributed by atoms with Crippen LogP contribution in [0.2, 0.25) is 0 Å². The van der Waals surface area contributed by atoms with E-state index in [1.807, 2.05) is 6.92 Å². The average molecular weight is 329 g/mol. The maximum absolute atomic E-state index is 11.8. The summed E-state index contributed by atoms with van der Waals surface area (Å²) in [6, 6.07) is -0.0770. The summed E-state index contributed by atoms with van der Waals surface area (Å²) in [4.78, 5) is 24.9. The lowest BCUT2D eigenvalue weighted by molar-refractivity contribution is -0.139. The highest BCUT2D eigenvalue weighted by Gasteiger charge is 2.18. The van der Waals surface area contributed by atoms with E-state index in [9.17, 15) is 9.59 Å².